The topological polar surface area (TPSA) is 141 Å². The molecule has 1 amide bonds. The van der Waals surface area contributed by atoms with Crippen LogP contribution in [-0.2, 0) is 19.7 Å². The molecular formula is C26H43NO7S. The molecule has 0 radical (unpaired) electrons. The fourth-order valence-corrected chi connectivity index (χ4v) is 9.17. The Labute approximate surface area is 209 Å². The average Bonchev–Trinajstić information content (AvgIpc) is 3.12. The second kappa shape index (κ2) is 9.69. The number of amides is 1. The Balaban J connectivity index is 1.44. The molecule has 0 aromatic heterocycles. The molecule has 200 valence electrons. The van der Waals surface area contributed by atoms with Crippen molar-refractivity contribution in [2.45, 2.75) is 90.8 Å². The molecule has 4 saturated carbocycles. The third-order valence-corrected chi connectivity index (χ3v) is 11.5. The van der Waals surface area contributed by atoms with Gasteiger partial charge in [0.2, 0.25) is 5.91 Å². The van der Waals surface area contributed by atoms with Gasteiger partial charge in [0.1, 0.15) is 5.78 Å². The van der Waals surface area contributed by atoms with Crippen LogP contribution in [0.4, 0.5) is 0 Å². The van der Waals surface area contributed by atoms with Crippen molar-refractivity contribution in [1.29, 1.82) is 0 Å². The van der Waals surface area contributed by atoms with E-state index < -0.39 is 22.0 Å². The highest BCUT2D eigenvalue weighted by Crippen LogP contribution is 2.67. The summed E-state index contributed by atoms with van der Waals surface area (Å²) in [5.41, 5.74) is -0.376. The monoisotopic (exact) mass is 513 g/mol. The first kappa shape index (κ1) is 27.0. The molecule has 8 nitrogen and oxygen atoms in total. The highest BCUT2D eigenvalue weighted by molar-refractivity contribution is 7.85. The Bertz CT molecular complexity index is 938. The van der Waals surface area contributed by atoms with Crippen LogP contribution in [0.3, 0.4) is 0 Å². The number of ketones is 1. The van der Waals surface area contributed by atoms with Crippen molar-refractivity contribution < 1.29 is 32.8 Å². The third-order valence-electron chi connectivity index (χ3n) is 10.8. The van der Waals surface area contributed by atoms with Crippen LogP contribution in [0.5, 0.6) is 0 Å². The van der Waals surface area contributed by atoms with Crippen molar-refractivity contribution >= 4 is 21.8 Å². The molecule has 4 aliphatic rings. The van der Waals surface area contributed by atoms with Crippen molar-refractivity contribution in [3.05, 3.63) is 0 Å². The predicted octanol–water partition coefficient (Wildman–Crippen LogP) is 2.58. The summed E-state index contributed by atoms with van der Waals surface area (Å²) in [6.07, 6.45) is 5.45. The van der Waals surface area contributed by atoms with Crippen molar-refractivity contribution in [1.82, 2.24) is 5.32 Å². The lowest BCUT2D eigenvalue weighted by atomic mass is 9.43. The third kappa shape index (κ3) is 4.94. The van der Waals surface area contributed by atoms with Crippen molar-refractivity contribution in [3.8, 4) is 0 Å². The molecule has 0 aliphatic heterocycles. The lowest BCUT2D eigenvalue weighted by molar-refractivity contribution is -0.182. The van der Waals surface area contributed by atoms with E-state index in [9.17, 15) is 28.2 Å². The molecule has 0 heterocycles. The van der Waals surface area contributed by atoms with Gasteiger partial charge < -0.3 is 15.5 Å². The zero-order chi connectivity index (χ0) is 25.8. The van der Waals surface area contributed by atoms with Crippen LogP contribution in [0.1, 0.15) is 78.6 Å². The first-order chi connectivity index (χ1) is 16.3. The Hall–Kier alpha value is -1.03. The zero-order valence-electron chi connectivity index (χ0n) is 21.3. The summed E-state index contributed by atoms with van der Waals surface area (Å²) in [4.78, 5) is 25.7. The standard InChI is InChI=1S/C26H43NO7S/c1-15(4-7-23(31)27-10-11-35(32,33)34)18-5-6-19-24-20(14-22(30)26(18,19)3)25(2)9-8-17(28)12-16(25)13-21(24)29/h15-20,22,24,28,30H,4-14H2,1-3H3,(H,27,31)(H,32,33,34). The van der Waals surface area contributed by atoms with E-state index in [1.807, 2.05) is 0 Å². The molecule has 35 heavy (non-hydrogen) atoms. The van der Waals surface area contributed by atoms with E-state index in [4.69, 9.17) is 4.55 Å². The summed E-state index contributed by atoms with van der Waals surface area (Å²) < 4.78 is 30.5. The highest BCUT2D eigenvalue weighted by atomic mass is 32.2. The van der Waals surface area contributed by atoms with Crippen molar-refractivity contribution in [3.63, 3.8) is 0 Å². The van der Waals surface area contributed by atoms with Gasteiger partial charge in [0, 0.05) is 30.7 Å². The largest absolute Gasteiger partial charge is 0.393 e. The quantitative estimate of drug-likeness (QED) is 0.383. The summed E-state index contributed by atoms with van der Waals surface area (Å²) in [5.74, 6) is 0.440. The van der Waals surface area contributed by atoms with Gasteiger partial charge in [-0.05, 0) is 80.0 Å². The van der Waals surface area contributed by atoms with Gasteiger partial charge in [-0.1, -0.05) is 20.8 Å². The number of fused-ring (bicyclic) bond motifs is 5. The maximum atomic E-state index is 13.5. The zero-order valence-corrected chi connectivity index (χ0v) is 22.1. The van der Waals surface area contributed by atoms with Crippen LogP contribution in [0.15, 0.2) is 0 Å². The molecule has 0 spiro atoms. The SMILES string of the molecule is CC(CCC(=O)NCCS(=O)(=O)O)C1CCC2C3C(=O)CC4CC(O)CCC4(C)C3CC(O)C12C. The Morgan fingerprint density at radius 2 is 1.86 bits per heavy atom. The Morgan fingerprint density at radius 1 is 1.14 bits per heavy atom. The maximum Gasteiger partial charge on any atom is 0.266 e. The summed E-state index contributed by atoms with van der Waals surface area (Å²) in [7, 11) is -4.10. The van der Waals surface area contributed by atoms with E-state index in [-0.39, 0.29) is 71.3 Å². The first-order valence-electron chi connectivity index (χ1n) is 13.4. The summed E-state index contributed by atoms with van der Waals surface area (Å²) in [6.45, 7) is 6.45. The molecular weight excluding hydrogens is 470 g/mol. The Kier molecular flexibility index (Phi) is 7.48. The van der Waals surface area contributed by atoms with Gasteiger partial charge in [0.25, 0.3) is 10.1 Å². The number of carbonyl (C=O) groups excluding carboxylic acids is 2. The van der Waals surface area contributed by atoms with Crippen LogP contribution in [0.25, 0.3) is 0 Å². The van der Waals surface area contributed by atoms with Crippen LogP contribution in [0.2, 0.25) is 0 Å². The van der Waals surface area contributed by atoms with Gasteiger partial charge in [0.05, 0.1) is 18.0 Å². The fraction of sp³-hybridized carbons (Fsp3) is 0.923. The summed E-state index contributed by atoms with van der Waals surface area (Å²) >= 11 is 0. The molecule has 0 saturated heterocycles. The minimum atomic E-state index is -4.10. The molecule has 4 fully saturated rings. The minimum absolute atomic E-state index is 0.00996. The second-order valence-corrected chi connectivity index (χ2v) is 14.1. The summed E-state index contributed by atoms with van der Waals surface area (Å²) in [5, 5.41) is 24.4. The van der Waals surface area contributed by atoms with Gasteiger partial charge in [-0.15, -0.1) is 0 Å². The fourth-order valence-electron chi connectivity index (χ4n) is 8.81. The van der Waals surface area contributed by atoms with Gasteiger partial charge in [-0.25, -0.2) is 0 Å². The van der Waals surface area contributed by atoms with E-state index in [1.165, 1.54) is 0 Å². The number of nitrogens with one attached hydrogen (secondary N) is 1. The minimum Gasteiger partial charge on any atom is -0.393 e. The van der Waals surface area contributed by atoms with Crippen LogP contribution in [-0.4, -0.2) is 59.4 Å². The van der Waals surface area contributed by atoms with Crippen molar-refractivity contribution in [2.75, 3.05) is 12.3 Å². The Morgan fingerprint density at radius 3 is 2.54 bits per heavy atom. The van der Waals surface area contributed by atoms with E-state index >= 15 is 0 Å². The average molecular weight is 514 g/mol. The number of rotatable bonds is 7. The van der Waals surface area contributed by atoms with E-state index in [0.717, 1.165) is 25.7 Å². The molecule has 9 heteroatoms. The molecule has 4 rings (SSSR count). The maximum absolute atomic E-state index is 13.5. The first-order valence-corrected chi connectivity index (χ1v) is 15.0. The molecule has 0 aromatic carbocycles. The summed E-state index contributed by atoms with van der Waals surface area (Å²) in [6, 6.07) is 0. The number of aliphatic hydroxyl groups excluding tert-OH is 2. The molecule has 10 atom stereocenters. The van der Waals surface area contributed by atoms with Gasteiger partial charge in [-0.2, -0.15) is 8.42 Å². The number of hydrogen-bond donors (Lipinski definition) is 4. The second-order valence-electron chi connectivity index (χ2n) is 12.5. The van der Waals surface area contributed by atoms with Crippen LogP contribution >= 0.6 is 0 Å². The van der Waals surface area contributed by atoms with E-state index in [1.54, 1.807) is 0 Å². The number of Topliss-reactive ketones (excluding diaryl/α,β-unsaturated/α-hetero) is 1. The van der Waals surface area contributed by atoms with Crippen LogP contribution in [0, 0.1) is 46.3 Å². The highest BCUT2D eigenvalue weighted by Gasteiger charge is 2.65. The van der Waals surface area contributed by atoms with E-state index in [0.29, 0.717) is 31.5 Å². The molecule has 10 unspecified atom stereocenters. The normalized spacial score (nSPS) is 44.2. The molecule has 0 aromatic rings. The lowest BCUT2D eigenvalue weighted by Gasteiger charge is -2.61. The number of carbonyl (C=O) groups is 2. The number of hydrogen-bond acceptors (Lipinski definition) is 6. The molecule has 0 bridgehead atoms. The molecule has 4 aliphatic carbocycles. The number of aliphatic hydroxyl groups is 2. The lowest BCUT2D eigenvalue weighted by Crippen LogP contribution is -2.61. The van der Waals surface area contributed by atoms with Gasteiger partial charge >= 0.3 is 0 Å². The van der Waals surface area contributed by atoms with Crippen molar-refractivity contribution in [2.24, 2.45) is 46.3 Å². The van der Waals surface area contributed by atoms with E-state index in [2.05, 4.69) is 26.1 Å². The van der Waals surface area contributed by atoms with Gasteiger partial charge in [-0.3, -0.25) is 14.1 Å². The van der Waals surface area contributed by atoms with Crippen LogP contribution < -0.4 is 5.32 Å². The smallest absolute Gasteiger partial charge is 0.266 e. The molecule has 4 N–H and O–H groups in total. The van der Waals surface area contributed by atoms with Gasteiger partial charge in [0.15, 0.2) is 0 Å². The predicted molar refractivity (Wildman–Crippen MR) is 131 cm³/mol.